The summed E-state index contributed by atoms with van der Waals surface area (Å²) in [5.41, 5.74) is 0.929. The Morgan fingerprint density at radius 2 is 1.79 bits per heavy atom. The van der Waals surface area contributed by atoms with Crippen molar-refractivity contribution in [3.63, 3.8) is 0 Å². The lowest BCUT2D eigenvalue weighted by molar-refractivity contribution is -0.185. The van der Waals surface area contributed by atoms with Crippen LogP contribution in [-0.2, 0) is 13.9 Å². The molecule has 134 valence electrons. The zero-order valence-electron chi connectivity index (χ0n) is 15.3. The molecule has 1 aliphatic heterocycles. The SMILES string of the molecule is COC(=O)N1CCC(OC)(O[Si](C)(C)C)C1c1ccc(OC)cc1. The third kappa shape index (κ3) is 3.74. The van der Waals surface area contributed by atoms with Gasteiger partial charge in [-0.3, -0.25) is 4.90 Å². The first-order chi connectivity index (χ1) is 11.3. The summed E-state index contributed by atoms with van der Waals surface area (Å²) < 4.78 is 22.5. The molecule has 0 N–H and O–H groups in total. The van der Waals surface area contributed by atoms with E-state index in [0.717, 1.165) is 11.3 Å². The Hall–Kier alpha value is -1.57. The van der Waals surface area contributed by atoms with Crippen LogP contribution in [0.1, 0.15) is 18.0 Å². The Kier molecular flexibility index (Phi) is 5.57. The normalized spacial score (nSPS) is 24.1. The number of likely N-dealkylation sites (tertiary alicyclic amines) is 1. The lowest BCUT2D eigenvalue weighted by atomic mass is 9.99. The summed E-state index contributed by atoms with van der Waals surface area (Å²) in [6.45, 7) is 6.85. The van der Waals surface area contributed by atoms with Gasteiger partial charge in [-0.05, 0) is 37.3 Å². The van der Waals surface area contributed by atoms with Gasteiger partial charge in [0.2, 0.25) is 0 Å². The molecule has 0 aliphatic carbocycles. The van der Waals surface area contributed by atoms with E-state index in [2.05, 4.69) is 19.6 Å². The number of benzene rings is 1. The number of amides is 1. The minimum absolute atomic E-state index is 0.368. The van der Waals surface area contributed by atoms with Crippen molar-refractivity contribution in [2.24, 2.45) is 0 Å². The summed E-state index contributed by atoms with van der Waals surface area (Å²) >= 11 is 0. The van der Waals surface area contributed by atoms with Crippen molar-refractivity contribution in [1.82, 2.24) is 4.90 Å². The zero-order valence-corrected chi connectivity index (χ0v) is 16.3. The van der Waals surface area contributed by atoms with Gasteiger partial charge in [0.05, 0.1) is 14.2 Å². The fourth-order valence-corrected chi connectivity index (χ4v) is 4.53. The summed E-state index contributed by atoms with van der Waals surface area (Å²) in [5.74, 6) is -0.108. The van der Waals surface area contributed by atoms with Crippen LogP contribution < -0.4 is 4.74 Å². The van der Waals surface area contributed by atoms with Gasteiger partial charge >= 0.3 is 6.09 Å². The first-order valence-electron chi connectivity index (χ1n) is 8.00. The van der Waals surface area contributed by atoms with Gasteiger partial charge in [0.1, 0.15) is 11.8 Å². The second kappa shape index (κ2) is 7.12. The highest BCUT2D eigenvalue weighted by Crippen LogP contribution is 2.45. The van der Waals surface area contributed by atoms with Crippen molar-refractivity contribution in [1.29, 1.82) is 0 Å². The molecule has 1 heterocycles. The molecule has 2 atom stereocenters. The monoisotopic (exact) mass is 353 g/mol. The summed E-state index contributed by atoms with van der Waals surface area (Å²) in [5, 5.41) is 0. The van der Waals surface area contributed by atoms with Crippen LogP contribution in [0.2, 0.25) is 19.6 Å². The summed E-state index contributed by atoms with van der Waals surface area (Å²) in [7, 11) is 2.74. The van der Waals surface area contributed by atoms with Crippen molar-refractivity contribution in [3.05, 3.63) is 29.8 Å². The predicted molar refractivity (Wildman–Crippen MR) is 93.6 cm³/mol. The maximum absolute atomic E-state index is 12.3. The van der Waals surface area contributed by atoms with Crippen molar-refractivity contribution in [2.75, 3.05) is 27.9 Å². The molecular formula is C17H27NO5Si. The molecule has 0 bridgehead atoms. The number of carbonyl (C=O) groups excluding carboxylic acids is 1. The molecular weight excluding hydrogens is 326 g/mol. The first-order valence-corrected chi connectivity index (χ1v) is 11.4. The average molecular weight is 353 g/mol. The minimum atomic E-state index is -1.91. The van der Waals surface area contributed by atoms with Crippen LogP contribution in [0, 0.1) is 0 Å². The fourth-order valence-electron chi connectivity index (χ4n) is 3.19. The summed E-state index contributed by atoms with van der Waals surface area (Å²) in [6, 6.07) is 7.25. The average Bonchev–Trinajstić information content (AvgIpc) is 2.92. The third-order valence-electron chi connectivity index (χ3n) is 4.09. The number of ether oxygens (including phenoxy) is 3. The number of rotatable bonds is 5. The number of nitrogens with zero attached hydrogens (tertiary/aromatic N) is 1. The standard InChI is InChI=1S/C17H27NO5Si/c1-20-14-9-7-13(8-10-14)15-17(22-3,23-24(4,5)6)11-12-18(15)16(19)21-2/h7-10,15H,11-12H2,1-6H3. The van der Waals surface area contributed by atoms with Crippen molar-refractivity contribution >= 4 is 14.4 Å². The van der Waals surface area contributed by atoms with E-state index >= 15 is 0 Å². The molecule has 0 saturated carbocycles. The van der Waals surface area contributed by atoms with Gasteiger partial charge in [0.15, 0.2) is 14.1 Å². The molecule has 24 heavy (non-hydrogen) atoms. The number of hydrogen-bond acceptors (Lipinski definition) is 5. The Bertz CT molecular complexity index is 571. The van der Waals surface area contributed by atoms with Crippen LogP contribution >= 0.6 is 0 Å². The third-order valence-corrected chi connectivity index (χ3v) is 5.05. The van der Waals surface area contributed by atoms with Gasteiger partial charge in [-0.15, -0.1) is 0 Å². The summed E-state index contributed by atoms with van der Waals surface area (Å²) in [6.07, 6.45) is 0.216. The van der Waals surface area contributed by atoms with Gasteiger partial charge in [0.25, 0.3) is 0 Å². The van der Waals surface area contributed by atoms with Crippen LogP contribution in [-0.4, -0.2) is 53.0 Å². The molecule has 1 aromatic rings. The molecule has 1 aromatic carbocycles. The van der Waals surface area contributed by atoms with E-state index in [1.165, 1.54) is 7.11 Å². The number of hydrogen-bond donors (Lipinski definition) is 0. The second-order valence-corrected chi connectivity index (χ2v) is 11.2. The van der Waals surface area contributed by atoms with E-state index in [9.17, 15) is 4.79 Å². The molecule has 1 saturated heterocycles. The Balaban J connectivity index is 2.47. The molecule has 0 aromatic heterocycles. The van der Waals surface area contributed by atoms with Crippen LogP contribution in [0.5, 0.6) is 5.75 Å². The highest BCUT2D eigenvalue weighted by molar-refractivity contribution is 6.69. The van der Waals surface area contributed by atoms with Crippen LogP contribution in [0.4, 0.5) is 4.79 Å². The molecule has 1 aliphatic rings. The Labute approximate surface area is 144 Å². The van der Waals surface area contributed by atoms with E-state index in [1.807, 2.05) is 24.3 Å². The van der Waals surface area contributed by atoms with E-state index in [1.54, 1.807) is 19.1 Å². The molecule has 2 unspecified atom stereocenters. The van der Waals surface area contributed by atoms with E-state index in [-0.39, 0.29) is 12.1 Å². The van der Waals surface area contributed by atoms with Gasteiger partial charge in [-0.1, -0.05) is 12.1 Å². The van der Waals surface area contributed by atoms with E-state index in [0.29, 0.717) is 13.0 Å². The van der Waals surface area contributed by atoms with Crippen LogP contribution in [0.25, 0.3) is 0 Å². The van der Waals surface area contributed by atoms with Crippen LogP contribution in [0.3, 0.4) is 0 Å². The highest BCUT2D eigenvalue weighted by atomic mass is 28.4. The largest absolute Gasteiger partial charge is 0.497 e. The fraction of sp³-hybridized carbons (Fsp3) is 0.588. The smallest absolute Gasteiger partial charge is 0.410 e. The van der Waals surface area contributed by atoms with Crippen LogP contribution in [0.15, 0.2) is 24.3 Å². The predicted octanol–water partition coefficient (Wildman–Crippen LogP) is 3.40. The molecule has 1 fully saturated rings. The summed E-state index contributed by atoms with van der Waals surface area (Å²) in [4.78, 5) is 13.9. The lowest BCUT2D eigenvalue weighted by Crippen LogP contribution is -2.49. The quantitative estimate of drug-likeness (QED) is 0.600. The molecule has 2 rings (SSSR count). The lowest BCUT2D eigenvalue weighted by Gasteiger charge is -2.40. The maximum Gasteiger partial charge on any atom is 0.410 e. The van der Waals surface area contributed by atoms with Crippen molar-refractivity contribution in [3.8, 4) is 5.75 Å². The topological polar surface area (TPSA) is 57.2 Å². The van der Waals surface area contributed by atoms with Crippen molar-refractivity contribution < 1.29 is 23.4 Å². The van der Waals surface area contributed by atoms with Crippen molar-refractivity contribution in [2.45, 2.75) is 37.9 Å². The Morgan fingerprint density at radius 1 is 1.17 bits per heavy atom. The van der Waals surface area contributed by atoms with E-state index < -0.39 is 14.1 Å². The number of carbonyl (C=O) groups is 1. The Morgan fingerprint density at radius 3 is 2.25 bits per heavy atom. The number of methoxy groups -OCH3 is 3. The first kappa shape index (κ1) is 18.8. The van der Waals surface area contributed by atoms with E-state index in [4.69, 9.17) is 18.6 Å². The van der Waals surface area contributed by atoms with Gasteiger partial charge in [-0.2, -0.15) is 0 Å². The highest BCUT2D eigenvalue weighted by Gasteiger charge is 2.53. The van der Waals surface area contributed by atoms with Gasteiger partial charge < -0.3 is 18.6 Å². The zero-order chi connectivity index (χ0) is 18.0. The maximum atomic E-state index is 12.3. The molecule has 7 heteroatoms. The molecule has 6 nitrogen and oxygen atoms in total. The molecule has 0 spiro atoms. The van der Waals surface area contributed by atoms with Gasteiger partial charge in [-0.25, -0.2) is 4.79 Å². The molecule has 0 radical (unpaired) electrons. The molecule has 1 amide bonds. The minimum Gasteiger partial charge on any atom is -0.497 e. The second-order valence-electron chi connectivity index (χ2n) is 6.82. The van der Waals surface area contributed by atoms with Gasteiger partial charge in [0, 0.05) is 20.1 Å².